The van der Waals surface area contributed by atoms with Crippen molar-refractivity contribution in [2.75, 3.05) is 13.1 Å². The number of esters is 1. The van der Waals surface area contributed by atoms with Crippen molar-refractivity contribution in [3.8, 4) is 0 Å². The van der Waals surface area contributed by atoms with E-state index in [1.165, 1.54) is 0 Å². The third kappa shape index (κ3) is 3.40. The molecule has 1 heterocycles. The smallest absolute Gasteiger partial charge is 0.338 e. The summed E-state index contributed by atoms with van der Waals surface area (Å²) in [6.45, 7) is 10.1. The van der Waals surface area contributed by atoms with E-state index < -0.39 is 5.60 Å². The Kier molecular flexibility index (Phi) is 4.48. The van der Waals surface area contributed by atoms with Gasteiger partial charge in [-0.1, -0.05) is 17.7 Å². The van der Waals surface area contributed by atoms with E-state index in [9.17, 15) is 4.79 Å². The van der Waals surface area contributed by atoms with Crippen molar-refractivity contribution in [2.24, 2.45) is 5.92 Å². The molecule has 1 aromatic rings. The summed E-state index contributed by atoms with van der Waals surface area (Å²) < 4.78 is 5.82. The van der Waals surface area contributed by atoms with E-state index in [1.54, 1.807) is 0 Å². The molecule has 1 aliphatic heterocycles. The van der Waals surface area contributed by atoms with Crippen LogP contribution in [-0.4, -0.2) is 24.7 Å². The number of benzene rings is 1. The number of carbonyl (C=O) groups is 1. The van der Waals surface area contributed by atoms with Crippen molar-refractivity contribution in [2.45, 2.75) is 46.1 Å². The lowest BCUT2D eigenvalue weighted by Gasteiger charge is -2.36. The Bertz CT molecular complexity index is 488. The summed E-state index contributed by atoms with van der Waals surface area (Å²) in [5, 5.41) is 3.35. The molecule has 1 saturated heterocycles. The van der Waals surface area contributed by atoms with Gasteiger partial charge in [-0.05, 0) is 65.3 Å². The zero-order chi connectivity index (χ0) is 14.8. The van der Waals surface area contributed by atoms with E-state index >= 15 is 0 Å². The van der Waals surface area contributed by atoms with Gasteiger partial charge in [-0.3, -0.25) is 0 Å². The number of hydrogen-bond donors (Lipinski definition) is 1. The standard InChI is InChI=1S/C17H25NO2/c1-12-5-6-15(13(2)11-12)16(19)20-17(3,4)14-7-9-18-10-8-14/h5-6,11,14,18H,7-10H2,1-4H3. The zero-order valence-corrected chi connectivity index (χ0v) is 13.0. The quantitative estimate of drug-likeness (QED) is 0.861. The maximum atomic E-state index is 12.4. The lowest BCUT2D eigenvalue weighted by Crippen LogP contribution is -2.42. The molecule has 0 aliphatic carbocycles. The molecule has 0 saturated carbocycles. The van der Waals surface area contributed by atoms with Gasteiger partial charge < -0.3 is 10.1 Å². The van der Waals surface area contributed by atoms with Gasteiger partial charge in [0.25, 0.3) is 0 Å². The van der Waals surface area contributed by atoms with Crippen molar-refractivity contribution >= 4 is 5.97 Å². The molecule has 110 valence electrons. The van der Waals surface area contributed by atoms with Gasteiger partial charge in [-0.25, -0.2) is 4.79 Å². The summed E-state index contributed by atoms with van der Waals surface area (Å²) in [4.78, 5) is 12.4. The van der Waals surface area contributed by atoms with Gasteiger partial charge in [-0.15, -0.1) is 0 Å². The van der Waals surface area contributed by atoms with Crippen LogP contribution >= 0.6 is 0 Å². The van der Waals surface area contributed by atoms with Crippen molar-refractivity contribution in [1.82, 2.24) is 5.32 Å². The van der Waals surface area contributed by atoms with Gasteiger partial charge in [-0.2, -0.15) is 0 Å². The molecule has 1 fully saturated rings. The maximum Gasteiger partial charge on any atom is 0.338 e. The molecule has 1 aromatic carbocycles. The van der Waals surface area contributed by atoms with E-state index in [0.29, 0.717) is 11.5 Å². The Morgan fingerprint density at radius 1 is 1.25 bits per heavy atom. The van der Waals surface area contributed by atoms with Gasteiger partial charge in [0.1, 0.15) is 5.60 Å². The Morgan fingerprint density at radius 2 is 1.90 bits per heavy atom. The second-order valence-electron chi connectivity index (χ2n) is 6.34. The highest BCUT2D eigenvalue weighted by atomic mass is 16.6. The molecular weight excluding hydrogens is 250 g/mol. The van der Waals surface area contributed by atoms with E-state index in [0.717, 1.165) is 37.1 Å². The summed E-state index contributed by atoms with van der Waals surface area (Å²) in [5.41, 5.74) is 2.42. The molecule has 3 nitrogen and oxygen atoms in total. The fraction of sp³-hybridized carbons (Fsp3) is 0.588. The fourth-order valence-corrected chi connectivity index (χ4v) is 2.94. The molecule has 0 radical (unpaired) electrons. The number of aryl methyl sites for hydroxylation is 2. The summed E-state index contributed by atoms with van der Waals surface area (Å²) in [7, 11) is 0. The largest absolute Gasteiger partial charge is 0.456 e. The van der Waals surface area contributed by atoms with Crippen LogP contribution in [0.25, 0.3) is 0 Å². The first-order chi connectivity index (χ1) is 9.40. The molecular formula is C17H25NO2. The molecule has 0 bridgehead atoms. The molecule has 1 N–H and O–H groups in total. The summed E-state index contributed by atoms with van der Waals surface area (Å²) >= 11 is 0. The van der Waals surface area contributed by atoms with Crippen LogP contribution in [0.1, 0.15) is 48.2 Å². The molecule has 0 spiro atoms. The van der Waals surface area contributed by atoms with E-state index in [2.05, 4.69) is 5.32 Å². The van der Waals surface area contributed by atoms with Gasteiger partial charge in [0.05, 0.1) is 5.56 Å². The molecule has 0 amide bonds. The van der Waals surface area contributed by atoms with Crippen molar-refractivity contribution in [3.63, 3.8) is 0 Å². The minimum atomic E-state index is -0.406. The minimum absolute atomic E-state index is 0.203. The predicted molar refractivity (Wildman–Crippen MR) is 81.0 cm³/mol. The van der Waals surface area contributed by atoms with Crippen LogP contribution in [0.5, 0.6) is 0 Å². The summed E-state index contributed by atoms with van der Waals surface area (Å²) in [6.07, 6.45) is 2.13. The third-order valence-electron chi connectivity index (χ3n) is 4.28. The van der Waals surface area contributed by atoms with Crippen LogP contribution in [0, 0.1) is 19.8 Å². The minimum Gasteiger partial charge on any atom is -0.456 e. The number of piperidine rings is 1. The molecule has 2 rings (SSSR count). The highest BCUT2D eigenvalue weighted by molar-refractivity contribution is 5.91. The molecule has 3 heteroatoms. The second-order valence-corrected chi connectivity index (χ2v) is 6.34. The lowest BCUT2D eigenvalue weighted by molar-refractivity contribution is -0.0368. The van der Waals surface area contributed by atoms with Gasteiger partial charge >= 0.3 is 5.97 Å². The first-order valence-corrected chi connectivity index (χ1v) is 7.41. The van der Waals surface area contributed by atoms with Gasteiger partial charge in [0.2, 0.25) is 0 Å². The summed E-state index contributed by atoms with van der Waals surface area (Å²) in [5.74, 6) is 0.226. The van der Waals surface area contributed by atoms with Crippen LogP contribution < -0.4 is 5.32 Å². The van der Waals surface area contributed by atoms with Crippen LogP contribution in [0.4, 0.5) is 0 Å². The average Bonchev–Trinajstić information content (AvgIpc) is 2.39. The summed E-state index contributed by atoms with van der Waals surface area (Å²) in [6, 6.07) is 5.85. The Labute approximate surface area is 121 Å². The topological polar surface area (TPSA) is 38.3 Å². The van der Waals surface area contributed by atoms with E-state index in [1.807, 2.05) is 45.9 Å². The predicted octanol–water partition coefficient (Wildman–Crippen LogP) is 3.24. The van der Waals surface area contributed by atoms with E-state index in [-0.39, 0.29) is 5.97 Å². The van der Waals surface area contributed by atoms with Crippen LogP contribution in [-0.2, 0) is 4.74 Å². The maximum absolute atomic E-state index is 12.4. The first-order valence-electron chi connectivity index (χ1n) is 7.41. The SMILES string of the molecule is Cc1ccc(C(=O)OC(C)(C)C2CCNCC2)c(C)c1. The average molecular weight is 275 g/mol. The number of ether oxygens (including phenoxy) is 1. The highest BCUT2D eigenvalue weighted by Crippen LogP contribution is 2.30. The highest BCUT2D eigenvalue weighted by Gasteiger charge is 2.34. The Hall–Kier alpha value is -1.35. The van der Waals surface area contributed by atoms with E-state index in [4.69, 9.17) is 4.74 Å². The van der Waals surface area contributed by atoms with Gasteiger partial charge in [0, 0.05) is 5.92 Å². The number of carbonyl (C=O) groups excluding carboxylic acids is 1. The molecule has 1 aliphatic rings. The normalized spacial score (nSPS) is 17.0. The number of hydrogen-bond acceptors (Lipinski definition) is 3. The monoisotopic (exact) mass is 275 g/mol. The molecule has 0 atom stereocenters. The third-order valence-corrected chi connectivity index (χ3v) is 4.28. The van der Waals surface area contributed by atoms with Crippen molar-refractivity contribution in [1.29, 1.82) is 0 Å². The zero-order valence-electron chi connectivity index (χ0n) is 13.0. The van der Waals surface area contributed by atoms with Gasteiger partial charge in [0.15, 0.2) is 0 Å². The Balaban J connectivity index is 2.09. The van der Waals surface area contributed by atoms with Crippen molar-refractivity contribution in [3.05, 3.63) is 34.9 Å². The Morgan fingerprint density at radius 3 is 2.50 bits per heavy atom. The fourth-order valence-electron chi connectivity index (χ4n) is 2.94. The number of nitrogens with one attached hydrogen (secondary N) is 1. The van der Waals surface area contributed by atoms with Crippen LogP contribution in [0.2, 0.25) is 0 Å². The molecule has 0 aromatic heterocycles. The number of rotatable bonds is 3. The lowest BCUT2D eigenvalue weighted by atomic mass is 9.83. The van der Waals surface area contributed by atoms with Crippen molar-refractivity contribution < 1.29 is 9.53 Å². The molecule has 0 unspecified atom stereocenters. The molecule has 20 heavy (non-hydrogen) atoms. The van der Waals surface area contributed by atoms with Crippen LogP contribution in [0.15, 0.2) is 18.2 Å². The first kappa shape index (κ1) is 15.0. The second kappa shape index (κ2) is 5.96. The van der Waals surface area contributed by atoms with Crippen LogP contribution in [0.3, 0.4) is 0 Å².